The number of fused-ring (bicyclic) bond motifs is 1. The van der Waals surface area contributed by atoms with Gasteiger partial charge in [0, 0.05) is 6.20 Å². The van der Waals surface area contributed by atoms with Crippen molar-refractivity contribution in [3.05, 3.63) is 24.4 Å². The first-order chi connectivity index (χ1) is 8.39. The minimum atomic E-state index is -0.394. The lowest BCUT2D eigenvalue weighted by atomic mass is 9.84. The van der Waals surface area contributed by atoms with E-state index in [4.69, 9.17) is 9.31 Å². The molecule has 0 bridgehead atoms. The molecule has 1 saturated heterocycles. The van der Waals surface area contributed by atoms with E-state index in [1.165, 1.54) is 0 Å². The van der Waals surface area contributed by atoms with Gasteiger partial charge in [0.15, 0.2) is 0 Å². The van der Waals surface area contributed by atoms with Crippen molar-refractivity contribution in [2.45, 2.75) is 38.9 Å². The van der Waals surface area contributed by atoms with Crippen LogP contribution < -0.4 is 5.59 Å². The van der Waals surface area contributed by atoms with Gasteiger partial charge >= 0.3 is 7.12 Å². The fourth-order valence-corrected chi connectivity index (χ4v) is 2.05. The molecule has 0 atom stereocenters. The van der Waals surface area contributed by atoms with Gasteiger partial charge in [-0.05, 0) is 45.9 Å². The van der Waals surface area contributed by atoms with Crippen molar-refractivity contribution in [3.8, 4) is 0 Å². The van der Waals surface area contributed by atoms with Crippen LogP contribution >= 0.6 is 0 Å². The molecule has 3 heterocycles. The average Bonchev–Trinajstić information content (AvgIpc) is 2.80. The van der Waals surface area contributed by atoms with Crippen LogP contribution in [0.4, 0.5) is 0 Å². The van der Waals surface area contributed by atoms with Gasteiger partial charge < -0.3 is 14.3 Å². The molecule has 1 aliphatic rings. The number of pyridine rings is 1. The number of aromatic nitrogens is 2. The normalized spacial score (nSPS) is 21.7. The lowest BCUT2D eigenvalue weighted by molar-refractivity contribution is 0.00578. The summed E-state index contributed by atoms with van der Waals surface area (Å²) in [6.45, 7) is 8.17. The Morgan fingerprint density at radius 2 is 1.72 bits per heavy atom. The molecule has 0 saturated carbocycles. The highest BCUT2D eigenvalue weighted by Crippen LogP contribution is 2.36. The molecule has 2 aromatic rings. The molecule has 2 aromatic heterocycles. The molecule has 94 valence electrons. The Balaban J connectivity index is 1.96. The maximum Gasteiger partial charge on any atom is 0.514 e. The summed E-state index contributed by atoms with van der Waals surface area (Å²) in [6, 6.07) is 5.90. The molecule has 0 spiro atoms. The second kappa shape index (κ2) is 3.59. The Labute approximate surface area is 107 Å². The van der Waals surface area contributed by atoms with Crippen LogP contribution in [0.15, 0.2) is 24.4 Å². The van der Waals surface area contributed by atoms with Crippen molar-refractivity contribution in [1.82, 2.24) is 9.97 Å². The molecule has 0 radical (unpaired) electrons. The molecular formula is C13H17BN2O2. The van der Waals surface area contributed by atoms with Gasteiger partial charge in [0.1, 0.15) is 0 Å². The summed E-state index contributed by atoms with van der Waals surface area (Å²) in [7, 11) is -0.394. The quantitative estimate of drug-likeness (QED) is 0.779. The predicted molar refractivity (Wildman–Crippen MR) is 71.8 cm³/mol. The summed E-state index contributed by atoms with van der Waals surface area (Å²) in [5, 5.41) is 0. The third-order valence-electron chi connectivity index (χ3n) is 3.92. The lowest BCUT2D eigenvalue weighted by Crippen LogP contribution is -2.41. The third-order valence-corrected chi connectivity index (χ3v) is 3.92. The Morgan fingerprint density at radius 3 is 2.39 bits per heavy atom. The molecule has 0 aliphatic carbocycles. The van der Waals surface area contributed by atoms with Gasteiger partial charge in [-0.15, -0.1) is 0 Å². The largest absolute Gasteiger partial charge is 0.514 e. The molecule has 1 aliphatic heterocycles. The smallest absolute Gasteiger partial charge is 0.398 e. The SMILES string of the molecule is CC1(C)OB(c2ccc3[nH]ccc3n2)OC1(C)C. The van der Waals surface area contributed by atoms with Crippen molar-refractivity contribution < 1.29 is 9.31 Å². The van der Waals surface area contributed by atoms with Crippen molar-refractivity contribution in [2.75, 3.05) is 0 Å². The monoisotopic (exact) mass is 244 g/mol. The maximum atomic E-state index is 5.98. The van der Waals surface area contributed by atoms with Crippen LogP contribution in [0.25, 0.3) is 11.0 Å². The van der Waals surface area contributed by atoms with Crippen LogP contribution in [0.3, 0.4) is 0 Å². The van der Waals surface area contributed by atoms with E-state index in [1.807, 2.05) is 52.1 Å². The van der Waals surface area contributed by atoms with E-state index in [0.717, 1.165) is 16.6 Å². The highest BCUT2D eigenvalue weighted by molar-refractivity contribution is 6.61. The Bertz CT molecular complexity index is 575. The summed E-state index contributed by atoms with van der Waals surface area (Å²) >= 11 is 0. The Hall–Kier alpha value is -1.33. The number of nitrogens with zero attached hydrogens (tertiary/aromatic N) is 1. The van der Waals surface area contributed by atoms with Crippen molar-refractivity contribution in [1.29, 1.82) is 0 Å². The zero-order chi connectivity index (χ0) is 13.0. The summed E-state index contributed by atoms with van der Waals surface area (Å²) in [5.41, 5.74) is 2.12. The number of rotatable bonds is 1. The number of H-pyrrole nitrogens is 1. The average molecular weight is 244 g/mol. The summed E-state index contributed by atoms with van der Waals surface area (Å²) in [6.07, 6.45) is 1.88. The predicted octanol–water partition coefficient (Wildman–Crippen LogP) is 1.86. The van der Waals surface area contributed by atoms with Gasteiger partial charge in [0.25, 0.3) is 0 Å². The zero-order valence-electron chi connectivity index (χ0n) is 11.2. The Kier molecular flexibility index (Phi) is 2.34. The molecule has 5 heteroatoms. The summed E-state index contributed by atoms with van der Waals surface area (Å²) in [5.74, 6) is 0. The number of nitrogens with one attached hydrogen (secondary N) is 1. The minimum absolute atomic E-state index is 0.327. The summed E-state index contributed by atoms with van der Waals surface area (Å²) < 4.78 is 12.0. The molecule has 1 fully saturated rings. The number of aromatic amines is 1. The lowest BCUT2D eigenvalue weighted by Gasteiger charge is -2.32. The Morgan fingerprint density at radius 1 is 1.06 bits per heavy atom. The molecule has 0 amide bonds. The van der Waals surface area contributed by atoms with Crippen LogP contribution in [0.5, 0.6) is 0 Å². The van der Waals surface area contributed by atoms with E-state index in [2.05, 4.69) is 9.97 Å². The minimum Gasteiger partial charge on any atom is -0.398 e. The zero-order valence-corrected chi connectivity index (χ0v) is 11.2. The van der Waals surface area contributed by atoms with Crippen LogP contribution in [0.1, 0.15) is 27.7 Å². The molecule has 0 unspecified atom stereocenters. The van der Waals surface area contributed by atoms with E-state index in [9.17, 15) is 0 Å². The van der Waals surface area contributed by atoms with Crippen molar-refractivity contribution in [3.63, 3.8) is 0 Å². The molecule has 1 N–H and O–H groups in total. The van der Waals surface area contributed by atoms with E-state index in [0.29, 0.717) is 0 Å². The van der Waals surface area contributed by atoms with Gasteiger partial charge in [-0.1, -0.05) is 0 Å². The van der Waals surface area contributed by atoms with Gasteiger partial charge in [0.05, 0.1) is 27.8 Å². The first-order valence-electron chi connectivity index (χ1n) is 6.19. The fourth-order valence-electron chi connectivity index (χ4n) is 2.05. The highest BCUT2D eigenvalue weighted by Gasteiger charge is 2.52. The molecule has 3 rings (SSSR count). The van der Waals surface area contributed by atoms with Crippen LogP contribution in [-0.4, -0.2) is 28.3 Å². The molecule has 0 aromatic carbocycles. The van der Waals surface area contributed by atoms with Gasteiger partial charge in [-0.2, -0.15) is 0 Å². The topological polar surface area (TPSA) is 47.1 Å². The molecular weight excluding hydrogens is 227 g/mol. The first-order valence-corrected chi connectivity index (χ1v) is 6.19. The standard InChI is InChI=1S/C13H17BN2O2/c1-12(2)13(3,4)18-14(17-12)11-6-5-9-10(16-11)7-8-15-9/h5-8,15H,1-4H3. The van der Waals surface area contributed by atoms with E-state index in [1.54, 1.807) is 0 Å². The third kappa shape index (κ3) is 1.66. The van der Waals surface area contributed by atoms with Crippen molar-refractivity contribution >= 4 is 23.7 Å². The maximum absolute atomic E-state index is 5.98. The second-order valence-electron chi connectivity index (χ2n) is 5.73. The van der Waals surface area contributed by atoms with Crippen LogP contribution in [0.2, 0.25) is 0 Å². The summed E-state index contributed by atoms with van der Waals surface area (Å²) in [4.78, 5) is 7.69. The molecule has 4 nitrogen and oxygen atoms in total. The van der Waals surface area contributed by atoms with Crippen LogP contribution in [-0.2, 0) is 9.31 Å². The number of hydrogen-bond donors (Lipinski definition) is 1. The van der Waals surface area contributed by atoms with E-state index in [-0.39, 0.29) is 11.2 Å². The van der Waals surface area contributed by atoms with Gasteiger partial charge in [0.2, 0.25) is 0 Å². The van der Waals surface area contributed by atoms with E-state index >= 15 is 0 Å². The molecule has 18 heavy (non-hydrogen) atoms. The fraction of sp³-hybridized carbons (Fsp3) is 0.462. The van der Waals surface area contributed by atoms with Gasteiger partial charge in [-0.25, -0.2) is 0 Å². The highest BCUT2D eigenvalue weighted by atomic mass is 16.7. The van der Waals surface area contributed by atoms with Crippen LogP contribution in [0, 0.1) is 0 Å². The second-order valence-corrected chi connectivity index (χ2v) is 5.73. The number of hydrogen-bond acceptors (Lipinski definition) is 3. The first kappa shape index (κ1) is 11.7. The van der Waals surface area contributed by atoms with Crippen molar-refractivity contribution in [2.24, 2.45) is 0 Å². The van der Waals surface area contributed by atoms with E-state index < -0.39 is 7.12 Å². The van der Waals surface area contributed by atoms with Gasteiger partial charge in [-0.3, -0.25) is 4.98 Å².